The molecule has 2 rings (SSSR count). The predicted octanol–water partition coefficient (Wildman–Crippen LogP) is 2.54. The smallest absolute Gasteiger partial charge is 0.181 e. The van der Waals surface area contributed by atoms with Gasteiger partial charge in [-0.05, 0) is 19.1 Å². The molecule has 0 aliphatic rings. The van der Waals surface area contributed by atoms with E-state index in [-0.39, 0.29) is 0 Å². The molecular weight excluding hydrogens is 230 g/mol. The van der Waals surface area contributed by atoms with E-state index in [4.69, 9.17) is 0 Å². The molecule has 0 aliphatic heterocycles. The fourth-order valence-electron chi connectivity index (χ4n) is 1.10. The van der Waals surface area contributed by atoms with Gasteiger partial charge in [-0.3, -0.25) is 5.10 Å². The summed E-state index contributed by atoms with van der Waals surface area (Å²) >= 11 is 3.40. The van der Waals surface area contributed by atoms with E-state index in [0.29, 0.717) is 0 Å². The van der Waals surface area contributed by atoms with Crippen molar-refractivity contribution in [3.05, 3.63) is 34.6 Å². The van der Waals surface area contributed by atoms with Crippen LogP contribution in [0.2, 0.25) is 0 Å². The van der Waals surface area contributed by atoms with E-state index >= 15 is 0 Å². The fraction of sp³-hybridized carbons (Fsp3) is 0.111. The number of hydrogen-bond donors (Lipinski definition) is 1. The van der Waals surface area contributed by atoms with Crippen molar-refractivity contribution in [2.24, 2.45) is 0 Å². The highest BCUT2D eigenvalue weighted by atomic mass is 79.9. The number of aromatic nitrogens is 3. The first-order valence-corrected chi connectivity index (χ1v) is 4.70. The Kier molecular flexibility index (Phi) is 2.14. The van der Waals surface area contributed by atoms with Crippen molar-refractivity contribution < 1.29 is 0 Å². The maximum absolute atomic E-state index is 4.23. The van der Waals surface area contributed by atoms with Gasteiger partial charge in [0, 0.05) is 10.0 Å². The summed E-state index contributed by atoms with van der Waals surface area (Å²) in [5, 5.41) is 6.88. The van der Waals surface area contributed by atoms with Gasteiger partial charge in [0.15, 0.2) is 5.82 Å². The van der Waals surface area contributed by atoms with Crippen LogP contribution in [0.4, 0.5) is 0 Å². The van der Waals surface area contributed by atoms with E-state index in [1.165, 1.54) is 0 Å². The van der Waals surface area contributed by atoms with Crippen molar-refractivity contribution in [2.45, 2.75) is 6.92 Å². The molecule has 4 heteroatoms. The number of rotatable bonds is 1. The summed E-state index contributed by atoms with van der Waals surface area (Å²) in [5.74, 6) is 1.56. The fourth-order valence-corrected chi connectivity index (χ4v) is 1.50. The maximum Gasteiger partial charge on any atom is 0.181 e. The molecule has 1 heterocycles. The molecule has 0 bridgehead atoms. The maximum atomic E-state index is 4.23. The lowest BCUT2D eigenvalue weighted by atomic mass is 10.2. The number of H-pyrrole nitrogens is 1. The quantitative estimate of drug-likeness (QED) is 0.829. The Morgan fingerprint density at radius 2 is 2.23 bits per heavy atom. The van der Waals surface area contributed by atoms with E-state index in [0.717, 1.165) is 21.7 Å². The largest absolute Gasteiger partial charge is 0.263 e. The van der Waals surface area contributed by atoms with E-state index in [9.17, 15) is 0 Å². The number of nitrogens with zero attached hydrogens (tertiary/aromatic N) is 2. The minimum Gasteiger partial charge on any atom is -0.263 e. The number of halogens is 1. The van der Waals surface area contributed by atoms with Crippen LogP contribution in [-0.2, 0) is 0 Å². The average Bonchev–Trinajstić information content (AvgIpc) is 2.52. The third-order valence-electron chi connectivity index (χ3n) is 1.68. The molecule has 0 saturated carbocycles. The highest BCUT2D eigenvalue weighted by molar-refractivity contribution is 9.10. The van der Waals surface area contributed by atoms with Gasteiger partial charge in [-0.15, -0.1) is 0 Å². The Labute approximate surface area is 84.3 Å². The molecule has 1 N–H and O–H groups in total. The molecule has 2 aromatic rings. The minimum absolute atomic E-state index is 0.735. The topological polar surface area (TPSA) is 41.6 Å². The van der Waals surface area contributed by atoms with Gasteiger partial charge in [-0.25, -0.2) is 4.98 Å². The standard InChI is InChI=1S/C9H8BrN3/c1-6-11-9(13-12-6)7-3-2-4-8(10)5-7/h2-5H,1H3,(H,11,12,13). The third kappa shape index (κ3) is 1.78. The molecule has 0 spiro atoms. The van der Waals surface area contributed by atoms with Gasteiger partial charge in [0.1, 0.15) is 5.82 Å². The van der Waals surface area contributed by atoms with Crippen LogP contribution < -0.4 is 0 Å². The predicted molar refractivity (Wildman–Crippen MR) is 54.3 cm³/mol. The summed E-state index contributed by atoms with van der Waals surface area (Å²) in [6.45, 7) is 1.88. The molecule has 66 valence electrons. The van der Waals surface area contributed by atoms with Gasteiger partial charge in [-0.2, -0.15) is 5.10 Å². The SMILES string of the molecule is Cc1nc(-c2cccc(Br)c2)n[nH]1. The lowest BCUT2D eigenvalue weighted by molar-refractivity contribution is 1.04. The minimum atomic E-state index is 0.735. The normalized spacial score (nSPS) is 10.3. The van der Waals surface area contributed by atoms with Gasteiger partial charge in [0.25, 0.3) is 0 Å². The molecule has 13 heavy (non-hydrogen) atoms. The van der Waals surface area contributed by atoms with E-state index < -0.39 is 0 Å². The molecule has 0 aliphatic carbocycles. The molecule has 3 nitrogen and oxygen atoms in total. The molecule has 0 radical (unpaired) electrons. The summed E-state index contributed by atoms with van der Waals surface area (Å²) in [4.78, 5) is 4.23. The first kappa shape index (κ1) is 8.44. The molecule has 1 aromatic heterocycles. The highest BCUT2D eigenvalue weighted by Gasteiger charge is 2.02. The first-order valence-electron chi connectivity index (χ1n) is 3.90. The van der Waals surface area contributed by atoms with Crippen molar-refractivity contribution in [3.8, 4) is 11.4 Å². The number of aryl methyl sites for hydroxylation is 1. The van der Waals surface area contributed by atoms with Gasteiger partial charge in [-0.1, -0.05) is 28.1 Å². The number of benzene rings is 1. The lowest BCUT2D eigenvalue weighted by Gasteiger charge is -1.94. The van der Waals surface area contributed by atoms with Crippen molar-refractivity contribution >= 4 is 15.9 Å². The molecule has 0 amide bonds. The van der Waals surface area contributed by atoms with Crippen LogP contribution in [0.25, 0.3) is 11.4 Å². The van der Waals surface area contributed by atoms with Crippen LogP contribution in [-0.4, -0.2) is 15.2 Å². The van der Waals surface area contributed by atoms with E-state index in [1.54, 1.807) is 0 Å². The van der Waals surface area contributed by atoms with Crippen LogP contribution in [0.15, 0.2) is 28.7 Å². The van der Waals surface area contributed by atoms with Gasteiger partial charge in [0.2, 0.25) is 0 Å². The second-order valence-corrected chi connectivity index (χ2v) is 3.67. The second kappa shape index (κ2) is 3.30. The molecular formula is C9H8BrN3. The van der Waals surface area contributed by atoms with Crippen LogP contribution in [0.1, 0.15) is 5.82 Å². The van der Waals surface area contributed by atoms with Gasteiger partial charge < -0.3 is 0 Å². The zero-order chi connectivity index (χ0) is 9.26. The second-order valence-electron chi connectivity index (χ2n) is 2.75. The summed E-state index contributed by atoms with van der Waals surface area (Å²) in [7, 11) is 0. The number of aromatic amines is 1. The monoisotopic (exact) mass is 237 g/mol. The van der Waals surface area contributed by atoms with Crippen molar-refractivity contribution in [2.75, 3.05) is 0 Å². The van der Waals surface area contributed by atoms with E-state index in [2.05, 4.69) is 31.1 Å². The summed E-state index contributed by atoms with van der Waals surface area (Å²) in [6, 6.07) is 7.91. The Morgan fingerprint density at radius 1 is 1.38 bits per heavy atom. The van der Waals surface area contributed by atoms with Crippen molar-refractivity contribution in [1.82, 2.24) is 15.2 Å². The highest BCUT2D eigenvalue weighted by Crippen LogP contribution is 2.19. The summed E-state index contributed by atoms with van der Waals surface area (Å²) in [6.07, 6.45) is 0. The number of nitrogens with one attached hydrogen (secondary N) is 1. The summed E-state index contributed by atoms with van der Waals surface area (Å²) in [5.41, 5.74) is 1.01. The van der Waals surface area contributed by atoms with Crippen LogP contribution in [0.5, 0.6) is 0 Å². The molecule has 1 aromatic carbocycles. The number of hydrogen-bond acceptors (Lipinski definition) is 2. The van der Waals surface area contributed by atoms with E-state index in [1.807, 2.05) is 31.2 Å². The van der Waals surface area contributed by atoms with Crippen molar-refractivity contribution in [3.63, 3.8) is 0 Å². The zero-order valence-corrected chi connectivity index (χ0v) is 8.67. The van der Waals surface area contributed by atoms with Gasteiger partial charge in [0.05, 0.1) is 0 Å². The first-order chi connectivity index (χ1) is 6.25. The van der Waals surface area contributed by atoms with Crippen LogP contribution in [0, 0.1) is 6.92 Å². The zero-order valence-electron chi connectivity index (χ0n) is 7.08. The lowest BCUT2D eigenvalue weighted by Crippen LogP contribution is -1.80. The summed E-state index contributed by atoms with van der Waals surface area (Å²) < 4.78 is 1.03. The Morgan fingerprint density at radius 3 is 2.85 bits per heavy atom. The Balaban J connectivity index is 2.46. The molecule has 0 saturated heterocycles. The van der Waals surface area contributed by atoms with Gasteiger partial charge >= 0.3 is 0 Å². The molecule has 0 unspecified atom stereocenters. The van der Waals surface area contributed by atoms with Crippen LogP contribution in [0.3, 0.4) is 0 Å². The molecule has 0 fully saturated rings. The Hall–Kier alpha value is -1.16. The third-order valence-corrected chi connectivity index (χ3v) is 2.17. The Bertz CT molecular complexity index is 422. The molecule has 0 atom stereocenters. The van der Waals surface area contributed by atoms with Crippen LogP contribution >= 0.6 is 15.9 Å². The van der Waals surface area contributed by atoms with Crippen molar-refractivity contribution in [1.29, 1.82) is 0 Å². The average molecular weight is 238 g/mol.